The van der Waals surface area contributed by atoms with Crippen LogP contribution in [0.4, 0.5) is 9.52 Å². The van der Waals surface area contributed by atoms with Crippen molar-refractivity contribution >= 4 is 39.9 Å². The van der Waals surface area contributed by atoms with Gasteiger partial charge in [-0.15, -0.1) is 0 Å². The molecular formula is C29H29FN2O5S. The number of aliphatic hydroxyl groups is 1. The van der Waals surface area contributed by atoms with E-state index in [-0.39, 0.29) is 33.2 Å². The Morgan fingerprint density at radius 2 is 1.79 bits per heavy atom. The molecule has 0 spiro atoms. The quantitative estimate of drug-likeness (QED) is 0.186. The number of halogens is 1. The Morgan fingerprint density at radius 3 is 2.37 bits per heavy atom. The topological polar surface area (TPSA) is 96.8 Å². The number of hydrogen-bond acceptors (Lipinski definition) is 7. The maximum absolute atomic E-state index is 14.4. The van der Waals surface area contributed by atoms with Gasteiger partial charge in [-0.1, -0.05) is 68.5 Å². The van der Waals surface area contributed by atoms with E-state index in [0.717, 1.165) is 23.0 Å². The van der Waals surface area contributed by atoms with Gasteiger partial charge in [0.15, 0.2) is 5.13 Å². The first-order valence-electron chi connectivity index (χ1n) is 12.2. The standard InChI is InChI=1S/C29H29FN2O5S/c1-7-37-27(36)25-16(3)31-28(38-25)32-22(17-10-12-19(13-11-17)29(4,5)6)21(24(34)26(32)35)23(33)18-9-8-15(2)20(30)14-18/h8-14,22,33H,7H2,1-6H3/t22-/m1/s1. The van der Waals surface area contributed by atoms with Crippen molar-refractivity contribution < 1.29 is 28.6 Å². The van der Waals surface area contributed by atoms with Crippen LogP contribution >= 0.6 is 11.3 Å². The number of carbonyl (C=O) groups excluding carboxylic acids is 3. The molecule has 0 aliphatic carbocycles. The first kappa shape index (κ1) is 27.2. The van der Waals surface area contributed by atoms with E-state index in [4.69, 9.17) is 4.74 Å². The largest absolute Gasteiger partial charge is 0.507 e. The van der Waals surface area contributed by atoms with Gasteiger partial charge in [0.1, 0.15) is 16.5 Å². The van der Waals surface area contributed by atoms with Crippen molar-refractivity contribution in [3.8, 4) is 0 Å². The Balaban J connectivity index is 1.92. The monoisotopic (exact) mass is 536 g/mol. The van der Waals surface area contributed by atoms with Crippen molar-refractivity contribution in [2.75, 3.05) is 11.5 Å². The predicted octanol–water partition coefficient (Wildman–Crippen LogP) is 6.00. The summed E-state index contributed by atoms with van der Waals surface area (Å²) in [5.74, 6) is -3.46. The van der Waals surface area contributed by atoms with Crippen LogP contribution in [0.2, 0.25) is 0 Å². The van der Waals surface area contributed by atoms with Gasteiger partial charge in [-0.2, -0.15) is 0 Å². The molecule has 3 aromatic rings. The van der Waals surface area contributed by atoms with E-state index in [1.54, 1.807) is 32.9 Å². The molecule has 2 aromatic carbocycles. The fourth-order valence-electron chi connectivity index (χ4n) is 4.28. The lowest BCUT2D eigenvalue weighted by atomic mass is 9.85. The molecular weight excluding hydrogens is 507 g/mol. The Kier molecular flexibility index (Phi) is 7.25. The van der Waals surface area contributed by atoms with E-state index in [0.29, 0.717) is 16.8 Å². The zero-order chi connectivity index (χ0) is 27.9. The molecule has 1 amide bonds. The number of esters is 1. The Morgan fingerprint density at radius 1 is 1.13 bits per heavy atom. The number of benzene rings is 2. The molecule has 2 heterocycles. The van der Waals surface area contributed by atoms with Crippen LogP contribution in [0.25, 0.3) is 5.76 Å². The Bertz CT molecular complexity index is 1470. The molecule has 38 heavy (non-hydrogen) atoms. The highest BCUT2D eigenvalue weighted by molar-refractivity contribution is 7.17. The third-order valence-corrected chi connectivity index (χ3v) is 7.57. The molecule has 0 saturated carbocycles. The highest BCUT2D eigenvalue weighted by Crippen LogP contribution is 2.44. The number of nitrogens with zero attached hydrogens (tertiary/aromatic N) is 2. The number of aryl methyl sites for hydroxylation is 2. The average Bonchev–Trinajstić information content (AvgIpc) is 3.37. The number of aromatic nitrogens is 1. The molecule has 1 aliphatic rings. The van der Waals surface area contributed by atoms with Crippen LogP contribution in [0, 0.1) is 19.7 Å². The second kappa shape index (κ2) is 10.1. The van der Waals surface area contributed by atoms with Gasteiger partial charge in [-0.25, -0.2) is 14.2 Å². The Hall–Kier alpha value is -3.85. The van der Waals surface area contributed by atoms with Gasteiger partial charge in [0.25, 0.3) is 5.78 Å². The molecule has 0 radical (unpaired) electrons. The molecule has 4 rings (SSSR count). The minimum absolute atomic E-state index is 0.0740. The fourth-order valence-corrected chi connectivity index (χ4v) is 5.26. The second-order valence-corrected chi connectivity index (χ2v) is 11.1. The number of amides is 1. The molecule has 0 bridgehead atoms. The number of thiazole rings is 1. The summed E-state index contributed by atoms with van der Waals surface area (Å²) in [5, 5.41) is 11.4. The molecule has 1 saturated heterocycles. The van der Waals surface area contributed by atoms with E-state index in [9.17, 15) is 23.9 Å². The van der Waals surface area contributed by atoms with Crippen molar-refractivity contribution in [2.24, 2.45) is 0 Å². The molecule has 1 N–H and O–H groups in total. The number of ether oxygens (including phenoxy) is 1. The number of hydrogen-bond donors (Lipinski definition) is 1. The van der Waals surface area contributed by atoms with Crippen molar-refractivity contribution in [1.29, 1.82) is 0 Å². The highest BCUT2D eigenvalue weighted by Gasteiger charge is 2.48. The molecule has 1 aliphatic heterocycles. The maximum atomic E-state index is 14.4. The average molecular weight is 537 g/mol. The van der Waals surface area contributed by atoms with Crippen LogP contribution < -0.4 is 4.90 Å². The van der Waals surface area contributed by atoms with Gasteiger partial charge < -0.3 is 9.84 Å². The Labute approximate surface area is 224 Å². The fraction of sp³-hybridized carbons (Fsp3) is 0.310. The first-order valence-corrected chi connectivity index (χ1v) is 13.0. The zero-order valence-corrected chi connectivity index (χ0v) is 22.9. The van der Waals surface area contributed by atoms with Crippen LogP contribution in [0.1, 0.15) is 71.4 Å². The summed E-state index contributed by atoms with van der Waals surface area (Å²) in [5.41, 5.74) is 2.07. The van der Waals surface area contributed by atoms with Gasteiger partial charge in [0.2, 0.25) is 0 Å². The maximum Gasteiger partial charge on any atom is 0.350 e. The number of rotatable bonds is 5. The van der Waals surface area contributed by atoms with Gasteiger partial charge in [0, 0.05) is 5.56 Å². The van der Waals surface area contributed by atoms with E-state index >= 15 is 0 Å². The first-order chi connectivity index (χ1) is 17.8. The van der Waals surface area contributed by atoms with Crippen molar-refractivity contribution in [1.82, 2.24) is 4.98 Å². The molecule has 7 nitrogen and oxygen atoms in total. The van der Waals surface area contributed by atoms with Gasteiger partial charge in [-0.3, -0.25) is 14.5 Å². The number of carbonyl (C=O) groups is 3. The molecule has 9 heteroatoms. The smallest absolute Gasteiger partial charge is 0.350 e. The number of Topliss-reactive ketones (excluding diaryl/α,β-unsaturated/α-hetero) is 1. The third-order valence-electron chi connectivity index (χ3n) is 6.43. The minimum Gasteiger partial charge on any atom is -0.507 e. The lowest BCUT2D eigenvalue weighted by Crippen LogP contribution is -2.29. The summed E-state index contributed by atoms with van der Waals surface area (Å²) >= 11 is 0.933. The summed E-state index contributed by atoms with van der Waals surface area (Å²) in [4.78, 5) is 45.0. The van der Waals surface area contributed by atoms with E-state index in [2.05, 4.69) is 25.8 Å². The van der Waals surface area contributed by atoms with E-state index in [1.165, 1.54) is 17.0 Å². The molecule has 1 aromatic heterocycles. The lowest BCUT2D eigenvalue weighted by molar-refractivity contribution is -0.132. The molecule has 1 atom stereocenters. The van der Waals surface area contributed by atoms with Gasteiger partial charge >= 0.3 is 11.9 Å². The minimum atomic E-state index is -1.05. The van der Waals surface area contributed by atoms with Crippen LogP contribution in [0.3, 0.4) is 0 Å². The molecule has 0 unspecified atom stereocenters. The van der Waals surface area contributed by atoms with Crippen LogP contribution in [-0.2, 0) is 19.7 Å². The SMILES string of the molecule is CCOC(=O)c1sc(N2C(=O)C(=O)C(=C(O)c3ccc(C)c(F)c3)[C@H]2c2ccc(C(C)(C)C)cc2)nc1C. The summed E-state index contributed by atoms with van der Waals surface area (Å²) in [6.45, 7) is 11.2. The summed E-state index contributed by atoms with van der Waals surface area (Å²) in [7, 11) is 0. The van der Waals surface area contributed by atoms with E-state index in [1.807, 2.05) is 12.1 Å². The van der Waals surface area contributed by atoms with Crippen molar-refractivity contribution in [3.05, 3.63) is 86.7 Å². The van der Waals surface area contributed by atoms with Crippen molar-refractivity contribution in [2.45, 2.75) is 53.0 Å². The summed E-state index contributed by atoms with van der Waals surface area (Å²) in [6, 6.07) is 10.4. The lowest BCUT2D eigenvalue weighted by Gasteiger charge is -2.24. The molecule has 1 fully saturated rings. The summed E-state index contributed by atoms with van der Waals surface area (Å²) < 4.78 is 19.5. The number of aliphatic hydroxyl groups excluding tert-OH is 1. The molecule has 198 valence electrons. The third kappa shape index (κ3) is 4.86. The normalized spacial score (nSPS) is 17.2. The van der Waals surface area contributed by atoms with E-state index < -0.39 is 35.3 Å². The zero-order valence-electron chi connectivity index (χ0n) is 22.1. The van der Waals surface area contributed by atoms with Crippen molar-refractivity contribution in [3.63, 3.8) is 0 Å². The number of anilines is 1. The van der Waals surface area contributed by atoms with Gasteiger partial charge in [0.05, 0.1) is 23.9 Å². The van der Waals surface area contributed by atoms with Gasteiger partial charge in [-0.05, 0) is 48.9 Å². The van der Waals surface area contributed by atoms with Crippen LogP contribution in [0.5, 0.6) is 0 Å². The van der Waals surface area contributed by atoms with Crippen LogP contribution in [0.15, 0.2) is 48.0 Å². The predicted molar refractivity (Wildman–Crippen MR) is 144 cm³/mol. The number of ketones is 1. The second-order valence-electron chi connectivity index (χ2n) is 10.1. The highest BCUT2D eigenvalue weighted by atomic mass is 32.1. The van der Waals surface area contributed by atoms with Crippen LogP contribution in [-0.4, -0.2) is 34.4 Å². The summed E-state index contributed by atoms with van der Waals surface area (Å²) in [6.07, 6.45) is 0.